The fraction of sp³-hybridized carbons (Fsp3) is 0.438. The summed E-state index contributed by atoms with van der Waals surface area (Å²) in [7, 11) is 2.01. The molecule has 0 unspecified atom stereocenters. The predicted octanol–water partition coefficient (Wildman–Crippen LogP) is 2.22. The molecule has 5 heteroatoms. The minimum atomic E-state index is 0. The van der Waals surface area contributed by atoms with Crippen LogP contribution in [0.4, 0.5) is 0 Å². The zero-order chi connectivity index (χ0) is 13.9. The Morgan fingerprint density at radius 1 is 1.19 bits per heavy atom. The van der Waals surface area contributed by atoms with E-state index >= 15 is 0 Å². The van der Waals surface area contributed by atoms with Crippen molar-refractivity contribution >= 4 is 12.4 Å². The van der Waals surface area contributed by atoms with E-state index in [0.29, 0.717) is 0 Å². The molecule has 1 fully saturated rings. The maximum absolute atomic E-state index is 4.30. The van der Waals surface area contributed by atoms with Crippen molar-refractivity contribution in [1.82, 2.24) is 20.0 Å². The van der Waals surface area contributed by atoms with E-state index in [2.05, 4.69) is 46.5 Å². The van der Waals surface area contributed by atoms with Crippen LogP contribution < -0.4 is 5.32 Å². The molecule has 0 spiro atoms. The van der Waals surface area contributed by atoms with Crippen LogP contribution in [0.25, 0.3) is 11.3 Å². The van der Waals surface area contributed by atoms with Crippen molar-refractivity contribution in [3.63, 3.8) is 0 Å². The number of benzene rings is 1. The Morgan fingerprint density at radius 2 is 1.95 bits per heavy atom. The van der Waals surface area contributed by atoms with Gasteiger partial charge in [-0.2, -0.15) is 5.10 Å². The highest BCUT2D eigenvalue weighted by atomic mass is 35.5. The summed E-state index contributed by atoms with van der Waals surface area (Å²) in [6, 6.07) is 8.83. The zero-order valence-corrected chi connectivity index (χ0v) is 13.5. The quantitative estimate of drug-likeness (QED) is 0.944. The minimum absolute atomic E-state index is 0. The minimum Gasteiger partial charge on any atom is -0.314 e. The van der Waals surface area contributed by atoms with Crippen LogP contribution in [0.3, 0.4) is 0 Å². The van der Waals surface area contributed by atoms with Gasteiger partial charge in [-0.25, -0.2) is 0 Å². The normalized spacial score (nSPS) is 15.7. The number of nitrogens with zero attached hydrogens (tertiary/aromatic N) is 3. The average Bonchev–Trinajstić information content (AvgIpc) is 2.88. The van der Waals surface area contributed by atoms with Gasteiger partial charge in [0.05, 0.1) is 5.69 Å². The average molecular weight is 307 g/mol. The number of halogens is 1. The van der Waals surface area contributed by atoms with Gasteiger partial charge in [-0.05, 0) is 24.6 Å². The first-order valence-corrected chi connectivity index (χ1v) is 7.25. The fourth-order valence-corrected chi connectivity index (χ4v) is 2.81. The maximum atomic E-state index is 4.30. The second-order valence-electron chi connectivity index (χ2n) is 5.53. The Bertz CT molecular complexity index is 588. The van der Waals surface area contributed by atoms with E-state index in [9.17, 15) is 0 Å². The molecule has 2 aromatic rings. The molecular formula is C16H23ClN4. The van der Waals surface area contributed by atoms with Gasteiger partial charge in [-0.15, -0.1) is 12.4 Å². The molecule has 1 N–H and O–H groups in total. The van der Waals surface area contributed by atoms with Crippen molar-refractivity contribution in [2.24, 2.45) is 7.05 Å². The molecule has 114 valence electrons. The molecule has 1 aliphatic rings. The number of aromatic nitrogens is 2. The van der Waals surface area contributed by atoms with Crippen LogP contribution in [0.2, 0.25) is 0 Å². The zero-order valence-electron chi connectivity index (χ0n) is 12.7. The summed E-state index contributed by atoms with van der Waals surface area (Å²) in [5.74, 6) is 0. The highest BCUT2D eigenvalue weighted by Gasteiger charge is 2.14. The maximum Gasteiger partial charge on any atom is 0.0682 e. The third-order valence-corrected chi connectivity index (χ3v) is 3.97. The molecule has 1 aromatic heterocycles. The number of aryl methyl sites for hydroxylation is 2. The molecule has 1 aromatic carbocycles. The largest absolute Gasteiger partial charge is 0.314 e. The molecule has 0 radical (unpaired) electrons. The topological polar surface area (TPSA) is 33.1 Å². The highest BCUT2D eigenvalue weighted by Crippen LogP contribution is 2.25. The van der Waals surface area contributed by atoms with Gasteiger partial charge in [0.25, 0.3) is 0 Å². The smallest absolute Gasteiger partial charge is 0.0682 e. The van der Waals surface area contributed by atoms with Crippen LogP contribution in [0.1, 0.15) is 11.1 Å². The van der Waals surface area contributed by atoms with E-state index in [0.717, 1.165) is 32.7 Å². The van der Waals surface area contributed by atoms with Crippen LogP contribution in [0.15, 0.2) is 30.5 Å². The van der Waals surface area contributed by atoms with Crippen molar-refractivity contribution in [1.29, 1.82) is 0 Å². The van der Waals surface area contributed by atoms with E-state index in [1.807, 2.05) is 17.9 Å². The van der Waals surface area contributed by atoms with Gasteiger partial charge >= 0.3 is 0 Å². The number of rotatable bonds is 3. The second-order valence-corrected chi connectivity index (χ2v) is 5.53. The molecule has 0 atom stereocenters. The second kappa shape index (κ2) is 7.07. The molecule has 0 amide bonds. The molecule has 0 bridgehead atoms. The van der Waals surface area contributed by atoms with Gasteiger partial charge < -0.3 is 5.32 Å². The summed E-state index contributed by atoms with van der Waals surface area (Å²) >= 11 is 0. The number of nitrogens with one attached hydrogen (secondary N) is 1. The monoisotopic (exact) mass is 306 g/mol. The summed E-state index contributed by atoms with van der Waals surface area (Å²) in [6.45, 7) is 7.59. The van der Waals surface area contributed by atoms with Crippen molar-refractivity contribution in [3.05, 3.63) is 41.6 Å². The summed E-state index contributed by atoms with van der Waals surface area (Å²) < 4.78 is 1.95. The first kappa shape index (κ1) is 16.0. The van der Waals surface area contributed by atoms with Gasteiger partial charge in [0.1, 0.15) is 0 Å². The van der Waals surface area contributed by atoms with Crippen molar-refractivity contribution in [3.8, 4) is 11.3 Å². The molecule has 0 saturated carbocycles. The van der Waals surface area contributed by atoms with Crippen LogP contribution in [-0.2, 0) is 13.6 Å². The SMILES string of the molecule is Cc1ccc(CN2CCNCC2)c(-c2ccnn2C)c1.Cl. The van der Waals surface area contributed by atoms with Crippen molar-refractivity contribution in [2.75, 3.05) is 26.2 Å². The van der Waals surface area contributed by atoms with E-state index < -0.39 is 0 Å². The summed E-state index contributed by atoms with van der Waals surface area (Å²) in [5.41, 5.74) is 5.19. The van der Waals surface area contributed by atoms with Gasteiger partial charge in [-0.3, -0.25) is 9.58 Å². The molecule has 0 aliphatic carbocycles. The van der Waals surface area contributed by atoms with E-state index in [-0.39, 0.29) is 12.4 Å². The van der Waals surface area contributed by atoms with Crippen LogP contribution >= 0.6 is 12.4 Å². The lowest BCUT2D eigenvalue weighted by Crippen LogP contribution is -2.42. The van der Waals surface area contributed by atoms with E-state index in [1.54, 1.807) is 0 Å². The Kier molecular flexibility index (Phi) is 5.39. The van der Waals surface area contributed by atoms with Gasteiger partial charge in [0.2, 0.25) is 0 Å². The van der Waals surface area contributed by atoms with Gasteiger partial charge in [0, 0.05) is 51.5 Å². The lowest BCUT2D eigenvalue weighted by atomic mass is 10.0. The third-order valence-electron chi connectivity index (χ3n) is 3.97. The third kappa shape index (κ3) is 3.64. The highest BCUT2D eigenvalue weighted by molar-refractivity contribution is 5.85. The Morgan fingerprint density at radius 3 is 2.62 bits per heavy atom. The van der Waals surface area contributed by atoms with Gasteiger partial charge in [0.15, 0.2) is 0 Å². The van der Waals surface area contributed by atoms with Crippen LogP contribution in [0, 0.1) is 6.92 Å². The molecule has 4 nitrogen and oxygen atoms in total. The Hall–Kier alpha value is -1.36. The molecule has 1 saturated heterocycles. The fourth-order valence-electron chi connectivity index (χ4n) is 2.81. The lowest BCUT2D eigenvalue weighted by Gasteiger charge is -2.28. The molecular weight excluding hydrogens is 284 g/mol. The van der Waals surface area contributed by atoms with Crippen LogP contribution in [0.5, 0.6) is 0 Å². The van der Waals surface area contributed by atoms with Crippen LogP contribution in [-0.4, -0.2) is 40.9 Å². The number of hydrogen-bond donors (Lipinski definition) is 1. The lowest BCUT2D eigenvalue weighted by molar-refractivity contribution is 0.233. The van der Waals surface area contributed by atoms with Crippen molar-refractivity contribution < 1.29 is 0 Å². The molecule has 1 aliphatic heterocycles. The molecule has 3 rings (SSSR count). The first-order chi connectivity index (χ1) is 9.74. The number of piperazine rings is 1. The standard InChI is InChI=1S/C16H22N4.ClH/c1-13-3-4-14(12-20-9-7-17-8-10-20)15(11-13)16-5-6-18-19(16)2;/h3-6,11,17H,7-10,12H2,1-2H3;1H. The number of hydrogen-bond acceptors (Lipinski definition) is 3. The summed E-state index contributed by atoms with van der Waals surface area (Å²) in [4.78, 5) is 2.51. The van der Waals surface area contributed by atoms with E-state index in [1.165, 1.54) is 22.4 Å². The summed E-state index contributed by atoms with van der Waals surface area (Å²) in [5, 5.41) is 7.71. The molecule has 2 heterocycles. The Balaban J connectivity index is 0.00000161. The Labute approximate surface area is 132 Å². The molecule has 21 heavy (non-hydrogen) atoms. The van der Waals surface area contributed by atoms with Crippen molar-refractivity contribution in [2.45, 2.75) is 13.5 Å². The first-order valence-electron chi connectivity index (χ1n) is 7.25. The van der Waals surface area contributed by atoms with E-state index in [4.69, 9.17) is 0 Å². The van der Waals surface area contributed by atoms with Gasteiger partial charge in [-0.1, -0.05) is 17.7 Å². The summed E-state index contributed by atoms with van der Waals surface area (Å²) in [6.07, 6.45) is 1.87. The predicted molar refractivity (Wildman–Crippen MR) is 88.8 cm³/mol.